The van der Waals surface area contributed by atoms with E-state index in [1.807, 2.05) is 12.1 Å². The molecule has 8 heteroatoms. The van der Waals surface area contributed by atoms with Crippen LogP contribution in [0.4, 0.5) is 4.39 Å². The summed E-state index contributed by atoms with van der Waals surface area (Å²) in [4.78, 5) is 16.3. The molecule has 3 rings (SSSR count). The third kappa shape index (κ3) is 5.06. The Hall–Kier alpha value is -3.42. The van der Waals surface area contributed by atoms with E-state index in [0.717, 1.165) is 5.56 Å². The lowest BCUT2D eigenvalue weighted by molar-refractivity contribution is -0.121. The molecule has 7 nitrogen and oxygen atoms in total. The van der Waals surface area contributed by atoms with E-state index in [9.17, 15) is 9.18 Å². The van der Waals surface area contributed by atoms with Crippen molar-refractivity contribution in [3.63, 3.8) is 0 Å². The standard InChI is InChI=1S/C20H20FN3O4/c1-26-16-9-13(10-17(11-16)27-2)12-22-18(25)7-8-19-23-20(24-28-19)14-3-5-15(21)6-4-14/h3-6,9-11H,7-8,12H2,1-2H3,(H,22,25). The van der Waals surface area contributed by atoms with Gasteiger partial charge in [-0.3, -0.25) is 4.79 Å². The van der Waals surface area contributed by atoms with Crippen molar-refractivity contribution in [1.29, 1.82) is 0 Å². The first-order chi connectivity index (χ1) is 13.6. The van der Waals surface area contributed by atoms with Crippen molar-refractivity contribution in [2.24, 2.45) is 0 Å². The smallest absolute Gasteiger partial charge is 0.227 e. The molecule has 146 valence electrons. The van der Waals surface area contributed by atoms with Gasteiger partial charge in [0, 0.05) is 31.0 Å². The number of carbonyl (C=O) groups excluding carboxylic acids is 1. The third-order valence-corrected chi connectivity index (χ3v) is 4.04. The molecule has 0 aliphatic rings. The molecule has 0 spiro atoms. The van der Waals surface area contributed by atoms with Crippen LogP contribution in [0.25, 0.3) is 11.4 Å². The molecular formula is C20H20FN3O4. The van der Waals surface area contributed by atoms with E-state index in [0.29, 0.717) is 41.7 Å². The number of hydrogen-bond acceptors (Lipinski definition) is 6. The van der Waals surface area contributed by atoms with Crippen LogP contribution in [0.2, 0.25) is 0 Å². The van der Waals surface area contributed by atoms with Crippen molar-refractivity contribution < 1.29 is 23.2 Å². The number of nitrogens with one attached hydrogen (secondary N) is 1. The second kappa shape index (κ2) is 8.98. The molecule has 0 aliphatic carbocycles. The molecule has 2 aromatic carbocycles. The van der Waals surface area contributed by atoms with Crippen LogP contribution in [0.3, 0.4) is 0 Å². The summed E-state index contributed by atoms with van der Waals surface area (Å²) in [5.74, 6) is 1.53. The van der Waals surface area contributed by atoms with E-state index in [4.69, 9.17) is 14.0 Å². The van der Waals surface area contributed by atoms with Crippen LogP contribution >= 0.6 is 0 Å². The minimum absolute atomic E-state index is 0.150. The number of ether oxygens (including phenoxy) is 2. The van der Waals surface area contributed by atoms with Gasteiger partial charge < -0.3 is 19.3 Å². The topological polar surface area (TPSA) is 86.5 Å². The van der Waals surface area contributed by atoms with Gasteiger partial charge in [0.25, 0.3) is 0 Å². The summed E-state index contributed by atoms with van der Waals surface area (Å²) in [6, 6.07) is 11.2. The number of rotatable bonds is 8. The highest BCUT2D eigenvalue weighted by Crippen LogP contribution is 2.22. The highest BCUT2D eigenvalue weighted by atomic mass is 19.1. The number of amides is 1. The maximum Gasteiger partial charge on any atom is 0.227 e. The second-order valence-corrected chi connectivity index (χ2v) is 6.02. The van der Waals surface area contributed by atoms with Gasteiger partial charge in [0.15, 0.2) is 0 Å². The molecule has 0 atom stereocenters. The lowest BCUT2D eigenvalue weighted by Crippen LogP contribution is -2.23. The number of methoxy groups -OCH3 is 2. The average molecular weight is 385 g/mol. The maximum atomic E-state index is 13.0. The van der Waals surface area contributed by atoms with Crippen LogP contribution in [-0.4, -0.2) is 30.3 Å². The molecule has 0 radical (unpaired) electrons. The van der Waals surface area contributed by atoms with Gasteiger partial charge >= 0.3 is 0 Å². The van der Waals surface area contributed by atoms with Gasteiger partial charge in [-0.2, -0.15) is 4.98 Å². The first-order valence-corrected chi connectivity index (χ1v) is 8.64. The molecule has 0 saturated heterocycles. The average Bonchev–Trinajstić information content (AvgIpc) is 3.20. The third-order valence-electron chi connectivity index (χ3n) is 4.04. The number of nitrogens with zero attached hydrogens (tertiary/aromatic N) is 2. The predicted octanol–water partition coefficient (Wildman–Crippen LogP) is 3.14. The van der Waals surface area contributed by atoms with Crippen LogP contribution < -0.4 is 14.8 Å². The van der Waals surface area contributed by atoms with Crippen LogP contribution in [0.15, 0.2) is 47.0 Å². The van der Waals surface area contributed by atoms with E-state index in [2.05, 4.69) is 15.5 Å². The zero-order valence-corrected chi connectivity index (χ0v) is 15.6. The van der Waals surface area contributed by atoms with E-state index in [1.54, 1.807) is 32.4 Å². The second-order valence-electron chi connectivity index (χ2n) is 6.02. The predicted molar refractivity (Wildman–Crippen MR) is 99.4 cm³/mol. The van der Waals surface area contributed by atoms with E-state index >= 15 is 0 Å². The summed E-state index contributed by atoms with van der Waals surface area (Å²) in [6.07, 6.45) is 0.508. The molecule has 0 saturated carbocycles. The molecule has 1 N–H and O–H groups in total. The maximum absolute atomic E-state index is 13.0. The summed E-state index contributed by atoms with van der Waals surface area (Å²) in [5.41, 5.74) is 1.51. The summed E-state index contributed by atoms with van der Waals surface area (Å²) < 4.78 is 28.6. The fourth-order valence-electron chi connectivity index (χ4n) is 2.55. The minimum atomic E-state index is -0.335. The van der Waals surface area contributed by atoms with E-state index < -0.39 is 0 Å². The highest BCUT2D eigenvalue weighted by molar-refractivity contribution is 5.76. The first kappa shape index (κ1) is 19.3. The molecular weight excluding hydrogens is 365 g/mol. The number of halogens is 1. The number of carbonyl (C=O) groups is 1. The van der Waals surface area contributed by atoms with Gasteiger partial charge in [-0.1, -0.05) is 5.16 Å². The van der Waals surface area contributed by atoms with Crippen LogP contribution in [0.5, 0.6) is 11.5 Å². The molecule has 28 heavy (non-hydrogen) atoms. The normalized spacial score (nSPS) is 10.5. The van der Waals surface area contributed by atoms with Gasteiger partial charge in [-0.25, -0.2) is 4.39 Å². The van der Waals surface area contributed by atoms with Gasteiger partial charge in [0.05, 0.1) is 14.2 Å². The molecule has 0 unspecified atom stereocenters. The van der Waals surface area contributed by atoms with Gasteiger partial charge in [-0.05, 0) is 42.0 Å². The highest BCUT2D eigenvalue weighted by Gasteiger charge is 2.11. The van der Waals surface area contributed by atoms with Crippen molar-refractivity contribution in [1.82, 2.24) is 15.5 Å². The summed E-state index contributed by atoms with van der Waals surface area (Å²) in [5, 5.41) is 6.69. The Kier molecular flexibility index (Phi) is 6.21. The molecule has 0 aliphatic heterocycles. The zero-order valence-electron chi connectivity index (χ0n) is 15.6. The number of aromatic nitrogens is 2. The van der Waals surface area contributed by atoms with Crippen molar-refractivity contribution in [3.05, 3.63) is 59.7 Å². The lowest BCUT2D eigenvalue weighted by Gasteiger charge is -2.09. The fourth-order valence-corrected chi connectivity index (χ4v) is 2.55. The van der Waals surface area contributed by atoms with Crippen LogP contribution in [-0.2, 0) is 17.8 Å². The first-order valence-electron chi connectivity index (χ1n) is 8.64. The monoisotopic (exact) mass is 385 g/mol. The van der Waals surface area contributed by atoms with Crippen LogP contribution in [0.1, 0.15) is 17.9 Å². The quantitative estimate of drug-likeness (QED) is 0.641. The molecule has 1 amide bonds. The molecule has 1 aromatic heterocycles. The Labute approximate surface area is 161 Å². The SMILES string of the molecule is COc1cc(CNC(=O)CCc2nc(-c3ccc(F)cc3)no2)cc(OC)c1. The number of hydrogen-bond donors (Lipinski definition) is 1. The molecule has 0 fully saturated rings. The summed E-state index contributed by atoms with van der Waals surface area (Å²) >= 11 is 0. The Bertz CT molecular complexity index is 919. The van der Waals surface area contributed by atoms with E-state index in [1.165, 1.54) is 12.1 Å². The molecule has 1 heterocycles. The van der Waals surface area contributed by atoms with Crippen molar-refractivity contribution >= 4 is 5.91 Å². The summed E-state index contributed by atoms with van der Waals surface area (Å²) in [7, 11) is 3.14. The minimum Gasteiger partial charge on any atom is -0.497 e. The zero-order chi connectivity index (χ0) is 19.9. The van der Waals surface area contributed by atoms with Gasteiger partial charge in [0.1, 0.15) is 17.3 Å². The summed E-state index contributed by atoms with van der Waals surface area (Å²) in [6.45, 7) is 0.344. The van der Waals surface area contributed by atoms with Crippen molar-refractivity contribution in [2.75, 3.05) is 14.2 Å². The van der Waals surface area contributed by atoms with Crippen molar-refractivity contribution in [2.45, 2.75) is 19.4 Å². The Balaban J connectivity index is 1.52. The molecule has 0 bridgehead atoms. The molecule has 3 aromatic rings. The number of aryl methyl sites for hydroxylation is 1. The Morgan fingerprint density at radius 3 is 2.43 bits per heavy atom. The number of benzene rings is 2. The largest absolute Gasteiger partial charge is 0.497 e. The van der Waals surface area contributed by atoms with Gasteiger partial charge in [-0.15, -0.1) is 0 Å². The lowest BCUT2D eigenvalue weighted by atomic mass is 10.2. The van der Waals surface area contributed by atoms with Crippen molar-refractivity contribution in [3.8, 4) is 22.9 Å². The fraction of sp³-hybridized carbons (Fsp3) is 0.250. The van der Waals surface area contributed by atoms with Crippen LogP contribution in [0, 0.1) is 5.82 Å². The van der Waals surface area contributed by atoms with Gasteiger partial charge in [0.2, 0.25) is 17.6 Å². The Morgan fingerprint density at radius 2 is 1.79 bits per heavy atom. The van der Waals surface area contributed by atoms with E-state index in [-0.39, 0.29) is 18.1 Å². The Morgan fingerprint density at radius 1 is 1.11 bits per heavy atom.